The van der Waals surface area contributed by atoms with Gasteiger partial charge in [0.15, 0.2) is 0 Å². The van der Waals surface area contributed by atoms with E-state index in [0.29, 0.717) is 11.6 Å². The van der Waals surface area contributed by atoms with Crippen molar-refractivity contribution < 1.29 is 4.39 Å². The van der Waals surface area contributed by atoms with E-state index < -0.39 is 0 Å². The first-order valence-corrected chi connectivity index (χ1v) is 6.45. The summed E-state index contributed by atoms with van der Waals surface area (Å²) in [4.78, 5) is 2.10. The Labute approximate surface area is 103 Å². The summed E-state index contributed by atoms with van der Waals surface area (Å²) in [5.41, 5.74) is 6.77. The van der Waals surface area contributed by atoms with Crippen LogP contribution in [0.3, 0.4) is 0 Å². The minimum absolute atomic E-state index is 0.142. The van der Waals surface area contributed by atoms with Crippen LogP contribution in [0.25, 0.3) is 0 Å². The van der Waals surface area contributed by atoms with Crippen LogP contribution in [0.1, 0.15) is 26.2 Å². The Hall–Kier alpha value is -1.09. The fourth-order valence-electron chi connectivity index (χ4n) is 2.77. The van der Waals surface area contributed by atoms with E-state index in [2.05, 4.69) is 11.8 Å². The summed E-state index contributed by atoms with van der Waals surface area (Å²) in [5, 5.41) is 0. The van der Waals surface area contributed by atoms with E-state index in [1.165, 1.54) is 18.9 Å². The second-order valence-electron chi connectivity index (χ2n) is 5.01. The normalized spacial score (nSPS) is 25.0. The molecule has 0 aliphatic carbocycles. The molecule has 2 atom stereocenters. The van der Waals surface area contributed by atoms with Crippen molar-refractivity contribution in [2.75, 3.05) is 18.0 Å². The molecule has 1 heterocycles. The van der Waals surface area contributed by atoms with Gasteiger partial charge in [0.05, 0.1) is 5.69 Å². The molecule has 94 valence electrons. The largest absolute Gasteiger partial charge is 0.367 e. The maximum atomic E-state index is 13.7. The van der Waals surface area contributed by atoms with Crippen LogP contribution >= 0.6 is 0 Å². The van der Waals surface area contributed by atoms with E-state index >= 15 is 0 Å². The summed E-state index contributed by atoms with van der Waals surface area (Å²) in [6, 6.07) is 7.14. The molecular weight excluding hydrogens is 215 g/mol. The van der Waals surface area contributed by atoms with Crippen LogP contribution in [0.15, 0.2) is 24.3 Å². The number of nitrogens with two attached hydrogens (primary N) is 1. The van der Waals surface area contributed by atoms with Gasteiger partial charge in [-0.3, -0.25) is 0 Å². The van der Waals surface area contributed by atoms with Crippen molar-refractivity contribution in [1.29, 1.82) is 0 Å². The zero-order valence-electron chi connectivity index (χ0n) is 10.4. The summed E-state index contributed by atoms with van der Waals surface area (Å²) >= 11 is 0. The fraction of sp³-hybridized carbons (Fsp3) is 0.571. The second kappa shape index (κ2) is 5.50. The number of para-hydroxylation sites is 1. The maximum absolute atomic E-state index is 13.7. The lowest BCUT2D eigenvalue weighted by molar-refractivity contribution is 0.353. The summed E-state index contributed by atoms with van der Waals surface area (Å²) in [7, 11) is 0. The van der Waals surface area contributed by atoms with Gasteiger partial charge < -0.3 is 10.6 Å². The van der Waals surface area contributed by atoms with E-state index in [1.54, 1.807) is 6.07 Å². The average Bonchev–Trinajstić information content (AvgIpc) is 2.29. The smallest absolute Gasteiger partial charge is 0.146 e. The molecule has 1 saturated heterocycles. The molecule has 0 saturated carbocycles. The molecule has 0 bridgehead atoms. The molecule has 0 amide bonds. The SMILES string of the molecule is CCCC1CC(N)CN(c2ccccc2F)C1. The molecule has 2 N–H and O–H groups in total. The molecule has 0 aromatic heterocycles. The Kier molecular flexibility index (Phi) is 4.00. The van der Waals surface area contributed by atoms with Crippen molar-refractivity contribution >= 4 is 5.69 Å². The van der Waals surface area contributed by atoms with Crippen molar-refractivity contribution in [3.05, 3.63) is 30.1 Å². The highest BCUT2D eigenvalue weighted by molar-refractivity contribution is 5.48. The zero-order valence-corrected chi connectivity index (χ0v) is 10.4. The maximum Gasteiger partial charge on any atom is 0.146 e. The van der Waals surface area contributed by atoms with E-state index in [0.717, 1.165) is 19.5 Å². The summed E-state index contributed by atoms with van der Waals surface area (Å²) < 4.78 is 13.7. The highest BCUT2D eigenvalue weighted by atomic mass is 19.1. The Bertz CT molecular complexity index is 367. The van der Waals surface area contributed by atoms with Crippen molar-refractivity contribution in [1.82, 2.24) is 0 Å². The first kappa shape index (κ1) is 12.4. The van der Waals surface area contributed by atoms with Crippen molar-refractivity contribution in [3.63, 3.8) is 0 Å². The lowest BCUT2D eigenvalue weighted by atomic mass is 9.90. The second-order valence-corrected chi connectivity index (χ2v) is 5.01. The highest BCUT2D eigenvalue weighted by Gasteiger charge is 2.25. The Balaban J connectivity index is 2.12. The van der Waals surface area contributed by atoms with Crippen LogP contribution in [0, 0.1) is 11.7 Å². The molecule has 1 aliphatic heterocycles. The summed E-state index contributed by atoms with van der Waals surface area (Å²) in [5.74, 6) is 0.459. The van der Waals surface area contributed by atoms with Crippen LogP contribution in [0.2, 0.25) is 0 Å². The third-order valence-electron chi connectivity index (χ3n) is 3.46. The molecule has 2 nitrogen and oxygen atoms in total. The highest BCUT2D eigenvalue weighted by Crippen LogP contribution is 2.27. The molecule has 3 heteroatoms. The molecule has 1 aliphatic rings. The summed E-state index contributed by atoms with van der Waals surface area (Å²) in [6.07, 6.45) is 3.42. The minimum atomic E-state index is -0.142. The van der Waals surface area contributed by atoms with Gasteiger partial charge in [0.2, 0.25) is 0 Å². The first-order valence-electron chi connectivity index (χ1n) is 6.45. The van der Waals surface area contributed by atoms with Crippen molar-refractivity contribution in [2.24, 2.45) is 11.7 Å². The number of halogens is 1. The predicted octanol–water partition coefficient (Wildman–Crippen LogP) is 2.78. The Morgan fingerprint density at radius 1 is 1.35 bits per heavy atom. The monoisotopic (exact) mass is 236 g/mol. The standard InChI is InChI=1S/C14H21FN2/c1-2-5-11-8-12(16)10-17(9-11)14-7-4-3-6-13(14)15/h3-4,6-7,11-12H,2,5,8-10,16H2,1H3. The summed E-state index contributed by atoms with van der Waals surface area (Å²) in [6.45, 7) is 3.89. The van der Waals surface area contributed by atoms with Gasteiger partial charge in [-0.25, -0.2) is 4.39 Å². The number of anilines is 1. The molecular formula is C14H21FN2. The van der Waals surface area contributed by atoms with Gasteiger partial charge in [-0.05, 0) is 30.9 Å². The average molecular weight is 236 g/mol. The van der Waals surface area contributed by atoms with Crippen molar-refractivity contribution in [2.45, 2.75) is 32.2 Å². The van der Waals surface area contributed by atoms with E-state index in [4.69, 9.17) is 5.73 Å². The quantitative estimate of drug-likeness (QED) is 0.874. The first-order chi connectivity index (χ1) is 8.20. The fourth-order valence-corrected chi connectivity index (χ4v) is 2.77. The van der Waals surface area contributed by atoms with Gasteiger partial charge in [-0.2, -0.15) is 0 Å². The van der Waals surface area contributed by atoms with E-state index in [9.17, 15) is 4.39 Å². The predicted molar refractivity (Wildman–Crippen MR) is 69.6 cm³/mol. The van der Waals surface area contributed by atoms with Crippen LogP contribution in [0.5, 0.6) is 0 Å². The molecule has 0 radical (unpaired) electrons. The van der Waals surface area contributed by atoms with Crippen LogP contribution in [-0.2, 0) is 0 Å². The molecule has 2 rings (SSSR count). The Morgan fingerprint density at radius 2 is 2.12 bits per heavy atom. The number of hydrogen-bond acceptors (Lipinski definition) is 2. The van der Waals surface area contributed by atoms with E-state index in [-0.39, 0.29) is 11.9 Å². The topological polar surface area (TPSA) is 29.3 Å². The number of hydrogen-bond donors (Lipinski definition) is 1. The van der Waals surface area contributed by atoms with Gasteiger partial charge in [0.1, 0.15) is 5.82 Å². The van der Waals surface area contributed by atoms with Gasteiger partial charge >= 0.3 is 0 Å². The third-order valence-corrected chi connectivity index (χ3v) is 3.46. The molecule has 2 unspecified atom stereocenters. The molecule has 17 heavy (non-hydrogen) atoms. The lowest BCUT2D eigenvalue weighted by Gasteiger charge is -2.38. The van der Waals surface area contributed by atoms with Gasteiger partial charge in [0.25, 0.3) is 0 Å². The lowest BCUT2D eigenvalue weighted by Crippen LogP contribution is -2.47. The van der Waals surface area contributed by atoms with Crippen LogP contribution in [0.4, 0.5) is 10.1 Å². The molecule has 1 aromatic carbocycles. The Morgan fingerprint density at radius 3 is 2.82 bits per heavy atom. The zero-order chi connectivity index (χ0) is 12.3. The molecule has 0 spiro atoms. The molecule has 1 fully saturated rings. The number of benzene rings is 1. The van der Waals surface area contributed by atoms with Gasteiger partial charge in [-0.15, -0.1) is 0 Å². The van der Waals surface area contributed by atoms with Gasteiger partial charge in [-0.1, -0.05) is 25.5 Å². The number of piperidine rings is 1. The molecule has 1 aromatic rings. The van der Waals surface area contributed by atoms with Gasteiger partial charge in [0, 0.05) is 19.1 Å². The van der Waals surface area contributed by atoms with Crippen LogP contribution < -0.4 is 10.6 Å². The number of rotatable bonds is 3. The van der Waals surface area contributed by atoms with Crippen molar-refractivity contribution in [3.8, 4) is 0 Å². The minimum Gasteiger partial charge on any atom is -0.367 e. The van der Waals surface area contributed by atoms with Crippen LogP contribution in [-0.4, -0.2) is 19.1 Å². The van der Waals surface area contributed by atoms with E-state index in [1.807, 2.05) is 12.1 Å². The number of nitrogens with zero attached hydrogens (tertiary/aromatic N) is 1. The third kappa shape index (κ3) is 2.97.